The molecule has 0 aromatic heterocycles. The van der Waals surface area contributed by atoms with E-state index in [0.717, 1.165) is 0 Å². The highest BCUT2D eigenvalue weighted by atomic mass is 16.7. The topological polar surface area (TPSA) is 66.4 Å². The van der Waals surface area contributed by atoms with Crippen molar-refractivity contribution in [3.63, 3.8) is 0 Å². The summed E-state index contributed by atoms with van der Waals surface area (Å²) in [5.74, 6) is 0. The molecule has 0 aromatic rings. The van der Waals surface area contributed by atoms with Crippen molar-refractivity contribution in [1.82, 2.24) is 0 Å². The smallest absolute Gasteiger partial charge is 0.186 e. The summed E-state index contributed by atoms with van der Waals surface area (Å²) in [5.41, 5.74) is 0. The Kier molecular flexibility index (Phi) is 5.60. The summed E-state index contributed by atoms with van der Waals surface area (Å²) in [6.07, 6.45) is -2.86. The maximum absolute atomic E-state index is 10.1. The number of aliphatic hydroxyl groups excluding tert-OH is 1. The van der Waals surface area contributed by atoms with E-state index in [9.17, 15) is 5.11 Å². The van der Waals surface area contributed by atoms with Crippen LogP contribution in [0.15, 0.2) is 0 Å². The van der Waals surface area contributed by atoms with Crippen LogP contribution in [0.4, 0.5) is 0 Å². The Labute approximate surface area is 95.4 Å². The molecule has 1 aliphatic heterocycles. The average molecular weight is 236 g/mol. The Morgan fingerprint density at radius 1 is 1.00 bits per heavy atom. The summed E-state index contributed by atoms with van der Waals surface area (Å²) in [6.45, 7) is 0.325. The molecule has 5 atom stereocenters. The van der Waals surface area contributed by atoms with Gasteiger partial charge in [0.15, 0.2) is 6.29 Å². The Balaban J connectivity index is 2.75. The standard InChI is InChI=1S/C10H20O6/c1-12-5-6-8(13-2)7(11)9(14-3)10(15-4)16-6/h6-11H,5H2,1-4H3/t6-,7+,8+,9-,10+/m1/s1. The lowest BCUT2D eigenvalue weighted by Crippen LogP contribution is -2.60. The zero-order chi connectivity index (χ0) is 12.1. The zero-order valence-corrected chi connectivity index (χ0v) is 10.1. The van der Waals surface area contributed by atoms with Gasteiger partial charge in [0, 0.05) is 28.4 Å². The third kappa shape index (κ3) is 2.71. The molecule has 96 valence electrons. The zero-order valence-electron chi connectivity index (χ0n) is 10.1. The maximum Gasteiger partial charge on any atom is 0.186 e. The van der Waals surface area contributed by atoms with Gasteiger partial charge < -0.3 is 28.8 Å². The van der Waals surface area contributed by atoms with Crippen molar-refractivity contribution in [1.29, 1.82) is 0 Å². The predicted octanol–water partition coefficient (Wildman–Crippen LogP) is -0.605. The highest BCUT2D eigenvalue weighted by Crippen LogP contribution is 2.25. The molecule has 6 nitrogen and oxygen atoms in total. The van der Waals surface area contributed by atoms with Gasteiger partial charge in [0.2, 0.25) is 0 Å². The number of hydrogen-bond acceptors (Lipinski definition) is 6. The molecule has 16 heavy (non-hydrogen) atoms. The molecule has 0 spiro atoms. The van der Waals surface area contributed by atoms with E-state index in [1.54, 1.807) is 7.11 Å². The first kappa shape index (κ1) is 13.8. The van der Waals surface area contributed by atoms with Gasteiger partial charge in [-0.05, 0) is 0 Å². The lowest BCUT2D eigenvalue weighted by Gasteiger charge is -2.42. The first-order valence-corrected chi connectivity index (χ1v) is 5.10. The molecule has 6 heteroatoms. The minimum Gasteiger partial charge on any atom is -0.387 e. The molecule has 0 amide bonds. The number of hydrogen-bond donors (Lipinski definition) is 1. The van der Waals surface area contributed by atoms with E-state index in [1.807, 2.05) is 0 Å². The van der Waals surface area contributed by atoms with Crippen LogP contribution in [0, 0.1) is 0 Å². The molecule has 0 unspecified atom stereocenters. The third-order valence-corrected chi connectivity index (χ3v) is 2.72. The molecule has 0 aromatic carbocycles. The fraction of sp³-hybridized carbons (Fsp3) is 1.00. The van der Waals surface area contributed by atoms with Gasteiger partial charge in [0.1, 0.15) is 24.4 Å². The number of ether oxygens (including phenoxy) is 5. The molecule has 1 saturated heterocycles. The second-order valence-corrected chi connectivity index (χ2v) is 3.63. The van der Waals surface area contributed by atoms with Crippen LogP contribution in [0.3, 0.4) is 0 Å². The van der Waals surface area contributed by atoms with Gasteiger partial charge in [-0.2, -0.15) is 0 Å². The monoisotopic (exact) mass is 236 g/mol. The second kappa shape index (κ2) is 6.48. The van der Waals surface area contributed by atoms with Crippen LogP contribution in [-0.4, -0.2) is 70.9 Å². The van der Waals surface area contributed by atoms with Crippen LogP contribution in [-0.2, 0) is 23.7 Å². The van der Waals surface area contributed by atoms with Crippen molar-refractivity contribution in [3.8, 4) is 0 Å². The number of rotatable bonds is 5. The van der Waals surface area contributed by atoms with E-state index in [2.05, 4.69) is 0 Å². The molecule has 0 aliphatic carbocycles. The molecule has 1 aliphatic rings. The summed E-state index contributed by atoms with van der Waals surface area (Å²) in [6, 6.07) is 0. The molecular formula is C10H20O6. The molecule has 0 bridgehead atoms. The van der Waals surface area contributed by atoms with Crippen molar-refractivity contribution >= 4 is 0 Å². The van der Waals surface area contributed by atoms with Gasteiger partial charge in [-0.15, -0.1) is 0 Å². The summed E-state index contributed by atoms with van der Waals surface area (Å²) >= 11 is 0. The lowest BCUT2D eigenvalue weighted by atomic mass is 9.99. The van der Waals surface area contributed by atoms with E-state index >= 15 is 0 Å². The first-order valence-electron chi connectivity index (χ1n) is 5.10. The fourth-order valence-electron chi connectivity index (χ4n) is 1.92. The highest BCUT2D eigenvalue weighted by molar-refractivity contribution is 4.90. The average Bonchev–Trinajstić information content (AvgIpc) is 2.29. The molecule has 1 fully saturated rings. The number of aliphatic hydroxyl groups is 1. The maximum atomic E-state index is 10.1. The van der Waals surface area contributed by atoms with E-state index in [-0.39, 0.29) is 6.10 Å². The minimum atomic E-state index is -0.811. The predicted molar refractivity (Wildman–Crippen MR) is 55.1 cm³/mol. The van der Waals surface area contributed by atoms with Gasteiger partial charge in [-0.3, -0.25) is 0 Å². The fourth-order valence-corrected chi connectivity index (χ4v) is 1.92. The Morgan fingerprint density at radius 3 is 2.06 bits per heavy atom. The van der Waals surface area contributed by atoms with Crippen molar-refractivity contribution in [2.24, 2.45) is 0 Å². The minimum absolute atomic E-state index is 0.325. The molecule has 0 saturated carbocycles. The van der Waals surface area contributed by atoms with Crippen LogP contribution in [0.5, 0.6) is 0 Å². The normalized spacial score (nSPS) is 39.9. The van der Waals surface area contributed by atoms with Crippen molar-refractivity contribution in [2.45, 2.75) is 30.7 Å². The van der Waals surface area contributed by atoms with Crippen LogP contribution in [0.25, 0.3) is 0 Å². The van der Waals surface area contributed by atoms with E-state index in [4.69, 9.17) is 23.7 Å². The van der Waals surface area contributed by atoms with Gasteiger partial charge in [-0.25, -0.2) is 0 Å². The van der Waals surface area contributed by atoms with Crippen molar-refractivity contribution < 1.29 is 28.8 Å². The van der Waals surface area contributed by atoms with Gasteiger partial charge in [0.25, 0.3) is 0 Å². The van der Waals surface area contributed by atoms with Crippen LogP contribution in [0.1, 0.15) is 0 Å². The van der Waals surface area contributed by atoms with E-state index in [0.29, 0.717) is 6.61 Å². The SMILES string of the molecule is COC[C@H]1O[C@H](OC)[C@H](OC)[C@@H](O)[C@H]1OC. The Bertz CT molecular complexity index is 198. The van der Waals surface area contributed by atoms with Gasteiger partial charge >= 0.3 is 0 Å². The van der Waals surface area contributed by atoms with Crippen LogP contribution >= 0.6 is 0 Å². The Hall–Kier alpha value is -0.240. The third-order valence-electron chi connectivity index (χ3n) is 2.72. The first-order chi connectivity index (χ1) is 7.69. The number of methoxy groups -OCH3 is 4. The molecule has 1 heterocycles. The second-order valence-electron chi connectivity index (χ2n) is 3.63. The quantitative estimate of drug-likeness (QED) is 0.687. The van der Waals surface area contributed by atoms with Gasteiger partial charge in [-0.1, -0.05) is 0 Å². The summed E-state index contributed by atoms with van der Waals surface area (Å²) in [5, 5.41) is 10.1. The summed E-state index contributed by atoms with van der Waals surface area (Å²) in [4.78, 5) is 0. The molecule has 1 rings (SSSR count). The van der Waals surface area contributed by atoms with E-state index < -0.39 is 24.6 Å². The largest absolute Gasteiger partial charge is 0.387 e. The van der Waals surface area contributed by atoms with Gasteiger partial charge in [0.05, 0.1) is 6.61 Å². The molecular weight excluding hydrogens is 216 g/mol. The van der Waals surface area contributed by atoms with E-state index in [1.165, 1.54) is 21.3 Å². The highest BCUT2D eigenvalue weighted by Gasteiger charge is 2.46. The lowest BCUT2D eigenvalue weighted by molar-refractivity contribution is -0.303. The van der Waals surface area contributed by atoms with Crippen molar-refractivity contribution in [3.05, 3.63) is 0 Å². The Morgan fingerprint density at radius 2 is 1.62 bits per heavy atom. The summed E-state index contributed by atoms with van der Waals surface area (Å²) < 4.78 is 26.1. The van der Waals surface area contributed by atoms with Crippen LogP contribution < -0.4 is 0 Å². The van der Waals surface area contributed by atoms with Crippen LogP contribution in [0.2, 0.25) is 0 Å². The van der Waals surface area contributed by atoms with Crippen molar-refractivity contribution in [2.75, 3.05) is 35.0 Å². The molecule has 0 radical (unpaired) electrons. The summed E-state index contributed by atoms with van der Waals surface area (Å²) in [7, 11) is 6.07. The molecule has 1 N–H and O–H groups in total.